The lowest BCUT2D eigenvalue weighted by molar-refractivity contribution is 0.669. The number of hydrogen-bond acceptors (Lipinski definition) is 4. The molecule has 1 aliphatic carbocycles. The van der Waals surface area contributed by atoms with E-state index < -0.39 is 5.41 Å². The second-order valence-corrected chi connectivity index (χ2v) is 15.9. The summed E-state index contributed by atoms with van der Waals surface area (Å²) in [5.41, 5.74) is 15.3. The van der Waals surface area contributed by atoms with Gasteiger partial charge in [-0.1, -0.05) is 133 Å². The molecule has 57 heavy (non-hydrogen) atoms. The van der Waals surface area contributed by atoms with E-state index in [0.717, 1.165) is 44.3 Å². The molecule has 0 amide bonds. The van der Waals surface area contributed by atoms with E-state index in [-0.39, 0.29) is 0 Å². The highest BCUT2D eigenvalue weighted by Gasteiger charge is 2.49. The van der Waals surface area contributed by atoms with Crippen LogP contribution in [0.15, 0.2) is 199 Å². The summed E-state index contributed by atoms with van der Waals surface area (Å²) in [6, 6.07) is 63.9. The quantitative estimate of drug-likeness (QED) is 0.176. The summed E-state index contributed by atoms with van der Waals surface area (Å²) in [5, 5.41) is 4.83. The summed E-state index contributed by atoms with van der Waals surface area (Å²) in [6.45, 7) is 0. The number of rotatable bonds is 5. The first-order chi connectivity index (χ1) is 28.3. The molecule has 12 rings (SSSR count). The van der Waals surface area contributed by atoms with E-state index in [4.69, 9.17) is 4.42 Å². The molecule has 11 aromatic rings. The fourth-order valence-electron chi connectivity index (χ4n) is 9.46. The van der Waals surface area contributed by atoms with E-state index >= 15 is 0 Å². The lowest BCUT2D eigenvalue weighted by atomic mass is 9.67. The Balaban J connectivity index is 1.18. The third-order valence-corrected chi connectivity index (χ3v) is 13.1. The van der Waals surface area contributed by atoms with Gasteiger partial charge in [-0.3, -0.25) is 9.97 Å². The molecular weight excluding hydrogens is 713 g/mol. The zero-order valence-electron chi connectivity index (χ0n) is 30.7. The summed E-state index contributed by atoms with van der Waals surface area (Å²) >= 11 is 1.89. The van der Waals surface area contributed by atoms with E-state index in [9.17, 15) is 0 Å². The first kappa shape index (κ1) is 32.1. The predicted molar refractivity (Wildman–Crippen MR) is 236 cm³/mol. The van der Waals surface area contributed by atoms with Gasteiger partial charge in [-0.15, -0.1) is 11.3 Å². The monoisotopic (exact) mass is 744 g/mol. The molecule has 4 heterocycles. The van der Waals surface area contributed by atoms with Gasteiger partial charge in [-0.2, -0.15) is 0 Å². The molecule has 7 aromatic carbocycles. The Kier molecular flexibility index (Phi) is 7.01. The van der Waals surface area contributed by atoms with Crippen molar-refractivity contribution in [2.45, 2.75) is 5.41 Å². The Bertz CT molecular complexity index is 3290. The highest BCUT2D eigenvalue weighted by atomic mass is 32.1. The molecule has 0 aliphatic heterocycles. The maximum absolute atomic E-state index is 6.94. The SMILES string of the molecule is c1ccc(C2(c3ccccc3)c3ccc4c(oc5ccccc54)c3-c3c2cc(-c2ccc(-c4ccnc(-c5cccnc5)c4)cc2)c2c3sc3ccccc32)cc1. The van der Waals surface area contributed by atoms with E-state index in [1.165, 1.54) is 64.7 Å². The van der Waals surface area contributed by atoms with Crippen molar-refractivity contribution in [3.63, 3.8) is 0 Å². The Morgan fingerprint density at radius 3 is 1.98 bits per heavy atom. The van der Waals surface area contributed by atoms with Gasteiger partial charge in [-0.05, 0) is 87.0 Å². The van der Waals surface area contributed by atoms with Crippen molar-refractivity contribution >= 4 is 53.4 Å². The highest BCUT2D eigenvalue weighted by Crippen LogP contribution is 2.62. The number of furan rings is 1. The number of fused-ring (bicyclic) bond motifs is 11. The molecule has 1 aliphatic rings. The fraction of sp³-hybridized carbons (Fsp3) is 0.0189. The van der Waals surface area contributed by atoms with Gasteiger partial charge in [-0.25, -0.2) is 0 Å². The molecular formula is C53H32N2OS. The average molecular weight is 745 g/mol. The maximum atomic E-state index is 6.94. The van der Waals surface area contributed by atoms with Gasteiger partial charge in [0.15, 0.2) is 0 Å². The van der Waals surface area contributed by atoms with Crippen LogP contribution in [0.25, 0.3) is 86.7 Å². The van der Waals surface area contributed by atoms with Crippen LogP contribution in [0.1, 0.15) is 22.3 Å². The number of aromatic nitrogens is 2. The van der Waals surface area contributed by atoms with Crippen LogP contribution in [-0.4, -0.2) is 9.97 Å². The van der Waals surface area contributed by atoms with Crippen LogP contribution in [0.4, 0.5) is 0 Å². The van der Waals surface area contributed by atoms with Crippen molar-refractivity contribution < 1.29 is 4.42 Å². The molecule has 0 saturated heterocycles. The molecule has 3 nitrogen and oxygen atoms in total. The third kappa shape index (κ3) is 4.65. The third-order valence-electron chi connectivity index (χ3n) is 11.9. The van der Waals surface area contributed by atoms with E-state index in [0.29, 0.717) is 0 Å². The van der Waals surface area contributed by atoms with E-state index in [1.807, 2.05) is 29.8 Å². The minimum atomic E-state index is -0.598. The van der Waals surface area contributed by atoms with Crippen molar-refractivity contribution in [3.8, 4) is 44.6 Å². The summed E-state index contributed by atoms with van der Waals surface area (Å²) in [6.07, 6.45) is 5.54. The van der Waals surface area contributed by atoms with Crippen molar-refractivity contribution in [3.05, 3.63) is 217 Å². The molecule has 266 valence electrons. The number of hydrogen-bond donors (Lipinski definition) is 0. The number of pyridine rings is 2. The van der Waals surface area contributed by atoms with Crippen molar-refractivity contribution in [1.29, 1.82) is 0 Å². The van der Waals surface area contributed by atoms with Crippen LogP contribution in [0.2, 0.25) is 0 Å². The topological polar surface area (TPSA) is 38.9 Å². The second-order valence-electron chi connectivity index (χ2n) is 14.8. The van der Waals surface area contributed by atoms with Crippen molar-refractivity contribution in [1.82, 2.24) is 9.97 Å². The Hall–Kier alpha value is -7.14. The predicted octanol–water partition coefficient (Wildman–Crippen LogP) is 14.1. The standard InChI is InChI=1S/C53H32N2OS/c1-3-13-37(14-4-1)53(38-15-5-2-6-16-38)43-26-25-40-39-17-7-9-19-46(39)56-51(40)49(43)50-44(53)31-42(48-41-18-8-10-20-47(41)57-52(48)50)34-23-21-33(22-24-34)35-27-29-55-45(30-35)36-12-11-28-54-32-36/h1-32H. The molecule has 0 spiro atoms. The zero-order chi connectivity index (χ0) is 37.5. The highest BCUT2D eigenvalue weighted by molar-refractivity contribution is 7.26. The number of benzene rings is 7. The van der Waals surface area contributed by atoms with Crippen LogP contribution in [-0.2, 0) is 5.41 Å². The number of nitrogens with zero attached hydrogens (tertiary/aromatic N) is 2. The normalized spacial score (nSPS) is 13.1. The van der Waals surface area contributed by atoms with Gasteiger partial charge < -0.3 is 4.42 Å². The molecule has 0 N–H and O–H groups in total. The van der Waals surface area contributed by atoms with Gasteiger partial charge >= 0.3 is 0 Å². The van der Waals surface area contributed by atoms with Crippen molar-refractivity contribution in [2.24, 2.45) is 0 Å². The Labute approximate surface area is 333 Å². The lowest BCUT2D eigenvalue weighted by Gasteiger charge is -2.34. The first-order valence-electron chi connectivity index (χ1n) is 19.3. The summed E-state index contributed by atoms with van der Waals surface area (Å²) in [7, 11) is 0. The lowest BCUT2D eigenvalue weighted by Crippen LogP contribution is -2.28. The number of para-hydroxylation sites is 1. The summed E-state index contributed by atoms with van der Waals surface area (Å²) < 4.78 is 9.50. The summed E-state index contributed by atoms with van der Waals surface area (Å²) in [4.78, 5) is 8.97. The molecule has 0 radical (unpaired) electrons. The minimum absolute atomic E-state index is 0.598. The first-order valence-corrected chi connectivity index (χ1v) is 20.1. The largest absolute Gasteiger partial charge is 0.455 e. The van der Waals surface area contributed by atoms with Gasteiger partial charge in [0.2, 0.25) is 0 Å². The molecule has 4 aromatic heterocycles. The molecule has 0 unspecified atom stereocenters. The molecule has 0 saturated carbocycles. The van der Waals surface area contributed by atoms with Gasteiger partial charge in [0.1, 0.15) is 11.2 Å². The minimum Gasteiger partial charge on any atom is -0.455 e. The van der Waals surface area contributed by atoms with Crippen LogP contribution in [0.5, 0.6) is 0 Å². The van der Waals surface area contributed by atoms with Gasteiger partial charge in [0, 0.05) is 66.2 Å². The van der Waals surface area contributed by atoms with E-state index in [2.05, 4.69) is 180 Å². The van der Waals surface area contributed by atoms with Crippen LogP contribution < -0.4 is 0 Å². The molecule has 0 bridgehead atoms. The smallest absolute Gasteiger partial charge is 0.143 e. The average Bonchev–Trinajstić information content (AvgIpc) is 3.96. The molecule has 0 fully saturated rings. The van der Waals surface area contributed by atoms with E-state index in [1.54, 1.807) is 6.20 Å². The number of thiophene rings is 1. The van der Waals surface area contributed by atoms with Crippen LogP contribution in [0, 0.1) is 0 Å². The van der Waals surface area contributed by atoms with Gasteiger partial charge in [0.25, 0.3) is 0 Å². The second kappa shape index (κ2) is 12.4. The van der Waals surface area contributed by atoms with Gasteiger partial charge in [0.05, 0.1) is 11.1 Å². The zero-order valence-corrected chi connectivity index (χ0v) is 31.5. The van der Waals surface area contributed by atoms with Crippen LogP contribution >= 0.6 is 11.3 Å². The summed E-state index contributed by atoms with van der Waals surface area (Å²) in [5.74, 6) is 0. The Morgan fingerprint density at radius 2 is 1.21 bits per heavy atom. The maximum Gasteiger partial charge on any atom is 0.143 e. The fourth-order valence-corrected chi connectivity index (χ4v) is 10.7. The molecule has 0 atom stereocenters. The van der Waals surface area contributed by atoms with Crippen molar-refractivity contribution in [2.75, 3.05) is 0 Å². The Morgan fingerprint density at radius 1 is 0.491 bits per heavy atom. The van der Waals surface area contributed by atoms with Crippen LogP contribution in [0.3, 0.4) is 0 Å². The molecule has 4 heteroatoms.